The molecule has 1 aromatic carbocycles. The Morgan fingerprint density at radius 3 is 2.95 bits per heavy atom. The van der Waals surface area contributed by atoms with Crippen LogP contribution in [0.4, 0.5) is 10.8 Å². The molecule has 0 saturated heterocycles. The third-order valence-electron chi connectivity index (χ3n) is 2.55. The van der Waals surface area contributed by atoms with E-state index in [0.717, 1.165) is 15.0 Å². The number of oxazole rings is 1. The Balaban J connectivity index is 1.72. The summed E-state index contributed by atoms with van der Waals surface area (Å²) in [7, 11) is 3.89. The molecule has 2 heterocycles. The van der Waals surface area contributed by atoms with Crippen LogP contribution in [0.25, 0.3) is 11.1 Å². The number of aromatic nitrogens is 3. The van der Waals surface area contributed by atoms with Gasteiger partial charge >= 0.3 is 0 Å². The van der Waals surface area contributed by atoms with Gasteiger partial charge in [-0.25, -0.2) is 4.98 Å². The van der Waals surface area contributed by atoms with Gasteiger partial charge in [-0.3, -0.25) is 0 Å². The summed E-state index contributed by atoms with van der Waals surface area (Å²) in [5.41, 5.74) is 7.92. The van der Waals surface area contributed by atoms with Gasteiger partial charge in [-0.1, -0.05) is 23.1 Å². The molecule has 6 nitrogen and oxygen atoms in total. The molecule has 0 aliphatic rings. The highest BCUT2D eigenvalue weighted by atomic mass is 32.2. The Hall–Kier alpha value is -1.80. The number of anilines is 2. The first-order chi connectivity index (χ1) is 9.61. The topological polar surface area (TPSA) is 81.1 Å². The van der Waals surface area contributed by atoms with Crippen molar-refractivity contribution in [3.8, 4) is 0 Å². The van der Waals surface area contributed by atoms with E-state index in [-0.39, 0.29) is 0 Å². The summed E-state index contributed by atoms with van der Waals surface area (Å²) in [6.45, 7) is 0. The van der Waals surface area contributed by atoms with Crippen LogP contribution in [0.2, 0.25) is 0 Å². The fourth-order valence-electron chi connectivity index (χ4n) is 1.62. The van der Waals surface area contributed by atoms with E-state index in [4.69, 9.17) is 10.2 Å². The molecule has 2 aromatic heterocycles. The average Bonchev–Trinajstić information content (AvgIpc) is 3.01. The van der Waals surface area contributed by atoms with Gasteiger partial charge in [0, 0.05) is 25.8 Å². The van der Waals surface area contributed by atoms with Gasteiger partial charge in [-0.15, -0.1) is 10.2 Å². The van der Waals surface area contributed by atoms with Gasteiger partial charge in [-0.2, -0.15) is 0 Å². The lowest BCUT2D eigenvalue weighted by Crippen LogP contribution is -2.07. The van der Waals surface area contributed by atoms with Crippen molar-refractivity contribution in [1.82, 2.24) is 15.2 Å². The molecule has 2 N–H and O–H groups in total. The van der Waals surface area contributed by atoms with Crippen molar-refractivity contribution in [2.45, 2.75) is 10.1 Å². The van der Waals surface area contributed by atoms with E-state index < -0.39 is 0 Å². The second-order valence-corrected chi connectivity index (χ2v) is 6.55. The summed E-state index contributed by atoms with van der Waals surface area (Å²) < 4.78 is 6.56. The van der Waals surface area contributed by atoms with Crippen molar-refractivity contribution in [1.29, 1.82) is 0 Å². The number of hydrogen-bond acceptors (Lipinski definition) is 8. The molecule has 0 fully saturated rings. The predicted molar refractivity (Wildman–Crippen MR) is 82.2 cm³/mol. The lowest BCUT2D eigenvalue weighted by atomic mass is 10.3. The molecule has 0 amide bonds. The third-order valence-corrected chi connectivity index (χ3v) is 4.76. The van der Waals surface area contributed by atoms with Crippen LogP contribution in [0.5, 0.6) is 0 Å². The summed E-state index contributed by atoms with van der Waals surface area (Å²) in [6.07, 6.45) is 0. The van der Waals surface area contributed by atoms with Crippen LogP contribution in [0, 0.1) is 0 Å². The molecule has 3 rings (SSSR count). The zero-order valence-electron chi connectivity index (χ0n) is 11.0. The fraction of sp³-hybridized carbons (Fsp3) is 0.250. The van der Waals surface area contributed by atoms with Gasteiger partial charge in [0.05, 0.1) is 5.75 Å². The Labute approximate surface area is 124 Å². The first-order valence-corrected chi connectivity index (χ1v) is 7.70. The van der Waals surface area contributed by atoms with Crippen LogP contribution >= 0.6 is 23.1 Å². The first kappa shape index (κ1) is 13.2. The number of rotatable bonds is 4. The molecule has 0 bridgehead atoms. The second-order valence-electron chi connectivity index (χ2n) is 4.37. The maximum atomic E-state index is 5.71. The lowest BCUT2D eigenvalue weighted by Gasteiger charge is -2.03. The molecule has 0 aliphatic heterocycles. The first-order valence-electron chi connectivity index (χ1n) is 5.90. The number of nitrogens with zero attached hydrogens (tertiary/aromatic N) is 4. The molecule has 0 aliphatic carbocycles. The Morgan fingerprint density at radius 1 is 1.35 bits per heavy atom. The fourth-order valence-corrected chi connectivity index (χ4v) is 3.22. The van der Waals surface area contributed by atoms with Crippen LogP contribution in [0.3, 0.4) is 0 Å². The van der Waals surface area contributed by atoms with Gasteiger partial charge < -0.3 is 15.1 Å². The quantitative estimate of drug-likeness (QED) is 0.586. The van der Waals surface area contributed by atoms with Crippen LogP contribution in [-0.2, 0) is 5.75 Å². The summed E-state index contributed by atoms with van der Waals surface area (Å²) >= 11 is 3.11. The minimum absolute atomic E-state index is 0.622. The summed E-state index contributed by atoms with van der Waals surface area (Å²) in [5.74, 6) is 1.29. The second kappa shape index (κ2) is 5.29. The molecule has 0 saturated carbocycles. The highest BCUT2D eigenvalue weighted by Gasteiger charge is 2.10. The van der Waals surface area contributed by atoms with Crippen molar-refractivity contribution >= 4 is 45.0 Å². The van der Waals surface area contributed by atoms with E-state index in [0.29, 0.717) is 22.9 Å². The van der Waals surface area contributed by atoms with Crippen molar-refractivity contribution < 1.29 is 4.42 Å². The third kappa shape index (κ3) is 2.70. The number of nitrogen functional groups attached to an aromatic ring is 1. The highest BCUT2D eigenvalue weighted by Crippen LogP contribution is 2.30. The summed E-state index contributed by atoms with van der Waals surface area (Å²) in [5, 5.41) is 9.10. The van der Waals surface area contributed by atoms with Gasteiger partial charge in [0.1, 0.15) is 5.52 Å². The molecule has 8 heteroatoms. The molecule has 104 valence electrons. The van der Waals surface area contributed by atoms with E-state index in [1.165, 1.54) is 0 Å². The normalized spacial score (nSPS) is 11.1. The number of nitrogens with two attached hydrogens (primary N) is 1. The summed E-state index contributed by atoms with van der Waals surface area (Å²) in [6, 6.07) is 5.46. The zero-order valence-corrected chi connectivity index (χ0v) is 12.7. The number of hydrogen-bond donors (Lipinski definition) is 1. The monoisotopic (exact) mass is 307 g/mol. The van der Waals surface area contributed by atoms with Crippen molar-refractivity contribution in [3.05, 3.63) is 24.1 Å². The van der Waals surface area contributed by atoms with Crippen molar-refractivity contribution in [2.75, 3.05) is 24.7 Å². The minimum atomic E-state index is 0.622. The van der Waals surface area contributed by atoms with E-state index >= 15 is 0 Å². The SMILES string of the molecule is CN(C)c1nnc(SCc2nc3ccc(N)cc3o2)s1. The predicted octanol–water partition coefficient (Wildman–Crippen LogP) is 2.62. The highest BCUT2D eigenvalue weighted by molar-refractivity contribution is 8.00. The Kier molecular flexibility index (Phi) is 3.49. The number of fused-ring (bicyclic) bond motifs is 1. The van der Waals surface area contributed by atoms with Gasteiger partial charge in [0.15, 0.2) is 9.92 Å². The maximum absolute atomic E-state index is 5.71. The number of thioether (sulfide) groups is 1. The molecular weight excluding hydrogens is 294 g/mol. The van der Waals surface area contributed by atoms with Crippen molar-refractivity contribution in [2.24, 2.45) is 0 Å². The standard InChI is InChI=1S/C12H13N5OS2/c1-17(2)11-15-16-12(20-11)19-6-10-14-8-4-3-7(13)5-9(8)18-10/h3-5H,6,13H2,1-2H3. The zero-order chi connectivity index (χ0) is 14.1. The number of benzene rings is 1. The van der Waals surface area contributed by atoms with E-state index in [9.17, 15) is 0 Å². The molecule has 0 atom stereocenters. The molecule has 0 radical (unpaired) electrons. The van der Waals surface area contributed by atoms with Crippen LogP contribution in [0.15, 0.2) is 27.0 Å². The molecule has 0 unspecified atom stereocenters. The van der Waals surface area contributed by atoms with E-state index in [1.807, 2.05) is 31.1 Å². The molecular formula is C12H13N5OS2. The van der Waals surface area contributed by atoms with Gasteiger partial charge in [-0.05, 0) is 12.1 Å². The summed E-state index contributed by atoms with van der Waals surface area (Å²) in [4.78, 5) is 6.35. The average molecular weight is 307 g/mol. The smallest absolute Gasteiger partial charge is 0.208 e. The Bertz CT molecular complexity index is 736. The minimum Gasteiger partial charge on any atom is -0.440 e. The largest absolute Gasteiger partial charge is 0.440 e. The lowest BCUT2D eigenvalue weighted by molar-refractivity contribution is 0.556. The van der Waals surface area contributed by atoms with Crippen LogP contribution in [0.1, 0.15) is 5.89 Å². The molecule has 3 aromatic rings. The van der Waals surface area contributed by atoms with Crippen LogP contribution < -0.4 is 10.6 Å². The van der Waals surface area contributed by atoms with E-state index in [1.54, 1.807) is 29.2 Å². The molecule has 0 spiro atoms. The van der Waals surface area contributed by atoms with Crippen molar-refractivity contribution in [3.63, 3.8) is 0 Å². The van der Waals surface area contributed by atoms with Gasteiger partial charge in [0.25, 0.3) is 0 Å². The Morgan fingerprint density at radius 2 is 2.20 bits per heavy atom. The van der Waals surface area contributed by atoms with Gasteiger partial charge in [0.2, 0.25) is 11.0 Å². The molecule has 20 heavy (non-hydrogen) atoms. The maximum Gasteiger partial charge on any atom is 0.208 e. The van der Waals surface area contributed by atoms with E-state index in [2.05, 4.69) is 15.2 Å². The van der Waals surface area contributed by atoms with Crippen LogP contribution in [-0.4, -0.2) is 29.3 Å².